The third kappa shape index (κ3) is 3.79. The molecule has 0 atom stereocenters. The molecule has 1 aromatic carbocycles. The molecule has 1 aromatic rings. The maximum Gasteiger partial charge on any atom is 0.233 e. The molecule has 0 aromatic heterocycles. The van der Waals surface area contributed by atoms with Gasteiger partial charge in [-0.15, -0.1) is 0 Å². The molecule has 0 aliphatic heterocycles. The summed E-state index contributed by atoms with van der Waals surface area (Å²) in [6, 6.07) is 4.51. The van der Waals surface area contributed by atoms with Gasteiger partial charge in [0.25, 0.3) is 0 Å². The molecular formula is C11H14ClFN2O. The lowest BCUT2D eigenvalue weighted by Gasteiger charge is -2.07. The minimum Gasteiger partial charge on any atom is -0.355 e. The van der Waals surface area contributed by atoms with Crippen LogP contribution in [0.2, 0.25) is 5.02 Å². The molecule has 3 nitrogen and oxygen atoms in total. The Morgan fingerprint density at radius 2 is 2.25 bits per heavy atom. The number of benzene rings is 1. The van der Waals surface area contributed by atoms with Crippen LogP contribution < -0.4 is 10.6 Å². The highest BCUT2D eigenvalue weighted by Gasteiger charge is 2.06. The second-order valence-electron chi connectivity index (χ2n) is 3.26. The Morgan fingerprint density at radius 1 is 1.50 bits per heavy atom. The number of halogens is 2. The van der Waals surface area contributed by atoms with E-state index in [0.29, 0.717) is 17.1 Å². The highest BCUT2D eigenvalue weighted by Crippen LogP contribution is 2.18. The molecule has 0 heterocycles. The van der Waals surface area contributed by atoms with Crippen molar-refractivity contribution in [1.29, 1.82) is 0 Å². The molecule has 0 unspecified atom stereocenters. The van der Waals surface area contributed by atoms with Crippen molar-refractivity contribution in [3.8, 4) is 0 Å². The van der Waals surface area contributed by atoms with Gasteiger partial charge in [-0.3, -0.25) is 4.79 Å². The highest BCUT2D eigenvalue weighted by molar-refractivity contribution is 6.31. The summed E-state index contributed by atoms with van der Waals surface area (Å²) in [7, 11) is 0. The Balaban J connectivity index is 2.46. The summed E-state index contributed by atoms with van der Waals surface area (Å²) in [4.78, 5) is 11.1. The van der Waals surface area contributed by atoms with Crippen LogP contribution in [-0.2, 0) is 11.3 Å². The SMILES string of the molecule is CCNC(=O)CNCc1c(F)cccc1Cl. The monoisotopic (exact) mass is 244 g/mol. The van der Waals surface area contributed by atoms with Crippen molar-refractivity contribution in [2.24, 2.45) is 0 Å². The van der Waals surface area contributed by atoms with Crippen LogP contribution in [-0.4, -0.2) is 19.0 Å². The summed E-state index contributed by atoms with van der Waals surface area (Å²) in [6.07, 6.45) is 0. The number of rotatable bonds is 5. The van der Waals surface area contributed by atoms with E-state index in [2.05, 4.69) is 10.6 Å². The molecule has 1 amide bonds. The van der Waals surface area contributed by atoms with Crippen molar-refractivity contribution >= 4 is 17.5 Å². The van der Waals surface area contributed by atoms with Crippen LogP contribution in [0.3, 0.4) is 0 Å². The van der Waals surface area contributed by atoms with Gasteiger partial charge in [-0.1, -0.05) is 17.7 Å². The van der Waals surface area contributed by atoms with E-state index >= 15 is 0 Å². The first-order chi connectivity index (χ1) is 7.65. The van der Waals surface area contributed by atoms with Crippen LogP contribution in [0.1, 0.15) is 12.5 Å². The van der Waals surface area contributed by atoms with E-state index in [-0.39, 0.29) is 24.8 Å². The molecule has 16 heavy (non-hydrogen) atoms. The maximum absolute atomic E-state index is 13.3. The first kappa shape index (κ1) is 12.9. The fourth-order valence-corrected chi connectivity index (χ4v) is 1.49. The third-order valence-corrected chi connectivity index (χ3v) is 2.38. The van der Waals surface area contributed by atoms with E-state index in [9.17, 15) is 9.18 Å². The highest BCUT2D eigenvalue weighted by atomic mass is 35.5. The summed E-state index contributed by atoms with van der Waals surface area (Å²) in [6.45, 7) is 2.81. The number of hydrogen-bond donors (Lipinski definition) is 2. The molecular weight excluding hydrogens is 231 g/mol. The topological polar surface area (TPSA) is 41.1 Å². The van der Waals surface area contributed by atoms with Gasteiger partial charge in [0.2, 0.25) is 5.91 Å². The molecule has 5 heteroatoms. The lowest BCUT2D eigenvalue weighted by molar-refractivity contribution is -0.120. The van der Waals surface area contributed by atoms with E-state index in [1.165, 1.54) is 6.07 Å². The van der Waals surface area contributed by atoms with Crippen LogP contribution in [0.15, 0.2) is 18.2 Å². The number of nitrogens with one attached hydrogen (secondary N) is 2. The molecule has 0 saturated heterocycles. The first-order valence-electron chi connectivity index (χ1n) is 5.05. The van der Waals surface area contributed by atoms with Crippen LogP contribution in [0.4, 0.5) is 4.39 Å². The zero-order valence-corrected chi connectivity index (χ0v) is 9.77. The molecule has 88 valence electrons. The van der Waals surface area contributed by atoms with Gasteiger partial charge in [0.1, 0.15) is 5.82 Å². The third-order valence-electron chi connectivity index (χ3n) is 2.02. The zero-order chi connectivity index (χ0) is 12.0. The van der Waals surface area contributed by atoms with Gasteiger partial charge in [-0.2, -0.15) is 0 Å². The van der Waals surface area contributed by atoms with E-state index in [1.54, 1.807) is 12.1 Å². The van der Waals surface area contributed by atoms with Crippen LogP contribution in [0.25, 0.3) is 0 Å². The molecule has 0 spiro atoms. The largest absolute Gasteiger partial charge is 0.355 e. The van der Waals surface area contributed by atoms with Crippen molar-refractivity contribution in [1.82, 2.24) is 10.6 Å². The predicted molar refractivity (Wildman–Crippen MR) is 61.8 cm³/mol. The minimum atomic E-state index is -0.365. The fourth-order valence-electron chi connectivity index (χ4n) is 1.26. The molecule has 0 saturated carbocycles. The molecule has 1 rings (SSSR count). The van der Waals surface area contributed by atoms with Gasteiger partial charge >= 0.3 is 0 Å². The molecule has 0 fully saturated rings. The molecule has 0 radical (unpaired) electrons. The number of carbonyl (C=O) groups is 1. The maximum atomic E-state index is 13.3. The van der Waals surface area contributed by atoms with E-state index < -0.39 is 0 Å². The average Bonchev–Trinajstić information content (AvgIpc) is 2.23. The van der Waals surface area contributed by atoms with E-state index in [0.717, 1.165) is 0 Å². The van der Waals surface area contributed by atoms with Gasteiger partial charge < -0.3 is 10.6 Å². The second-order valence-corrected chi connectivity index (χ2v) is 3.66. The van der Waals surface area contributed by atoms with Crippen molar-refractivity contribution < 1.29 is 9.18 Å². The number of hydrogen-bond acceptors (Lipinski definition) is 2. The Hall–Kier alpha value is -1.13. The van der Waals surface area contributed by atoms with E-state index in [1.807, 2.05) is 6.92 Å². The van der Waals surface area contributed by atoms with Crippen molar-refractivity contribution in [2.45, 2.75) is 13.5 Å². The number of amides is 1. The summed E-state index contributed by atoms with van der Waals surface area (Å²) < 4.78 is 13.3. The van der Waals surface area contributed by atoms with Crippen LogP contribution in [0, 0.1) is 5.82 Å². The lowest BCUT2D eigenvalue weighted by Crippen LogP contribution is -2.33. The van der Waals surface area contributed by atoms with Crippen molar-refractivity contribution in [3.63, 3.8) is 0 Å². The standard InChI is InChI=1S/C11H14ClFN2O/c1-2-15-11(16)7-14-6-8-9(12)4-3-5-10(8)13/h3-5,14H,2,6-7H2,1H3,(H,15,16). The summed E-state index contributed by atoms with van der Waals surface area (Å²) in [5.74, 6) is -0.481. The zero-order valence-electron chi connectivity index (χ0n) is 9.02. The van der Waals surface area contributed by atoms with Gasteiger partial charge in [0.05, 0.1) is 6.54 Å². The van der Waals surface area contributed by atoms with Gasteiger partial charge in [-0.25, -0.2) is 4.39 Å². The average molecular weight is 245 g/mol. The number of carbonyl (C=O) groups excluding carboxylic acids is 1. The Kier molecular flexibility index (Phi) is 5.22. The molecule has 0 aliphatic rings. The van der Waals surface area contributed by atoms with Gasteiger partial charge in [0.15, 0.2) is 0 Å². The lowest BCUT2D eigenvalue weighted by atomic mass is 10.2. The Labute approximate surface area is 99.0 Å². The van der Waals surface area contributed by atoms with Crippen LogP contribution in [0.5, 0.6) is 0 Å². The number of likely N-dealkylation sites (N-methyl/N-ethyl adjacent to an activating group) is 1. The minimum absolute atomic E-state index is 0.116. The Morgan fingerprint density at radius 3 is 2.88 bits per heavy atom. The van der Waals surface area contributed by atoms with Crippen LogP contribution >= 0.6 is 11.6 Å². The first-order valence-corrected chi connectivity index (χ1v) is 5.43. The summed E-state index contributed by atoms with van der Waals surface area (Å²) in [5.41, 5.74) is 0.383. The van der Waals surface area contributed by atoms with Crippen molar-refractivity contribution in [3.05, 3.63) is 34.6 Å². The normalized spacial score (nSPS) is 10.2. The van der Waals surface area contributed by atoms with Gasteiger partial charge in [-0.05, 0) is 19.1 Å². The summed E-state index contributed by atoms with van der Waals surface area (Å²) in [5, 5.41) is 5.83. The quantitative estimate of drug-likeness (QED) is 0.828. The second kappa shape index (κ2) is 6.45. The molecule has 2 N–H and O–H groups in total. The summed E-state index contributed by atoms with van der Waals surface area (Å²) >= 11 is 5.83. The predicted octanol–water partition coefficient (Wildman–Crippen LogP) is 1.70. The van der Waals surface area contributed by atoms with Gasteiger partial charge in [0, 0.05) is 23.7 Å². The fraction of sp³-hybridized carbons (Fsp3) is 0.364. The van der Waals surface area contributed by atoms with E-state index in [4.69, 9.17) is 11.6 Å². The smallest absolute Gasteiger partial charge is 0.233 e. The van der Waals surface area contributed by atoms with Crippen molar-refractivity contribution in [2.75, 3.05) is 13.1 Å². The Bertz CT molecular complexity index is 351. The molecule has 0 aliphatic carbocycles. The molecule has 0 bridgehead atoms.